The molecular weight excluding hydrogens is 379 g/mol. The van der Waals surface area contributed by atoms with E-state index in [1.807, 2.05) is 35.2 Å². The van der Waals surface area contributed by atoms with E-state index in [2.05, 4.69) is 4.90 Å². The molecule has 2 fully saturated rings. The summed E-state index contributed by atoms with van der Waals surface area (Å²) in [7, 11) is 0. The third-order valence-electron chi connectivity index (χ3n) is 6.53. The van der Waals surface area contributed by atoms with Crippen molar-refractivity contribution in [3.05, 3.63) is 65.5 Å². The molecule has 1 saturated carbocycles. The van der Waals surface area contributed by atoms with E-state index in [-0.39, 0.29) is 23.7 Å². The van der Waals surface area contributed by atoms with Gasteiger partial charge in [0.05, 0.1) is 0 Å². The molecule has 0 unspecified atom stereocenters. The number of carbonyl (C=O) groups excluding carboxylic acids is 2. The molecule has 2 aliphatic rings. The number of aldehydes is 1. The SMILES string of the molecule is O=Cc1ccc(N2CCC(C(=O)N(Cc3cccc(F)c3)C3CCCC3)CC2)cc1. The highest BCUT2D eigenvalue weighted by molar-refractivity contribution is 5.80. The van der Waals surface area contributed by atoms with Crippen molar-refractivity contribution in [1.82, 2.24) is 4.90 Å². The number of halogens is 1. The Balaban J connectivity index is 1.42. The van der Waals surface area contributed by atoms with Gasteiger partial charge in [-0.25, -0.2) is 4.39 Å². The van der Waals surface area contributed by atoms with Gasteiger partial charge in [0.25, 0.3) is 0 Å². The van der Waals surface area contributed by atoms with Crippen LogP contribution in [0.4, 0.5) is 10.1 Å². The molecule has 1 heterocycles. The molecule has 1 saturated heterocycles. The largest absolute Gasteiger partial charge is 0.371 e. The lowest BCUT2D eigenvalue weighted by molar-refractivity contribution is -0.139. The fourth-order valence-corrected chi connectivity index (χ4v) is 4.82. The average Bonchev–Trinajstić information content (AvgIpc) is 3.32. The van der Waals surface area contributed by atoms with Gasteiger partial charge in [-0.05, 0) is 67.6 Å². The first-order chi connectivity index (χ1) is 14.6. The molecule has 0 N–H and O–H groups in total. The normalized spacial score (nSPS) is 17.8. The van der Waals surface area contributed by atoms with Crippen LogP contribution in [-0.2, 0) is 11.3 Å². The van der Waals surface area contributed by atoms with Crippen LogP contribution in [0.5, 0.6) is 0 Å². The molecule has 30 heavy (non-hydrogen) atoms. The van der Waals surface area contributed by atoms with Crippen molar-refractivity contribution < 1.29 is 14.0 Å². The predicted octanol–water partition coefficient (Wildman–Crippen LogP) is 4.83. The summed E-state index contributed by atoms with van der Waals surface area (Å²) < 4.78 is 13.7. The fraction of sp³-hybridized carbons (Fsp3) is 0.440. The summed E-state index contributed by atoms with van der Waals surface area (Å²) in [5, 5.41) is 0. The van der Waals surface area contributed by atoms with E-state index in [0.29, 0.717) is 12.1 Å². The summed E-state index contributed by atoms with van der Waals surface area (Å²) in [6.07, 6.45) is 6.90. The highest BCUT2D eigenvalue weighted by Gasteiger charge is 2.33. The van der Waals surface area contributed by atoms with Gasteiger partial charge < -0.3 is 9.80 Å². The van der Waals surface area contributed by atoms with Gasteiger partial charge in [0, 0.05) is 42.8 Å². The van der Waals surface area contributed by atoms with Crippen molar-refractivity contribution in [2.24, 2.45) is 5.92 Å². The zero-order valence-corrected chi connectivity index (χ0v) is 17.3. The summed E-state index contributed by atoms with van der Waals surface area (Å²) >= 11 is 0. The summed E-state index contributed by atoms with van der Waals surface area (Å²) in [5.74, 6) is -0.00741. The van der Waals surface area contributed by atoms with Gasteiger partial charge in [0.15, 0.2) is 0 Å². The number of amides is 1. The highest BCUT2D eigenvalue weighted by atomic mass is 19.1. The lowest BCUT2D eigenvalue weighted by Gasteiger charge is -2.37. The van der Waals surface area contributed by atoms with Crippen LogP contribution in [0.15, 0.2) is 48.5 Å². The van der Waals surface area contributed by atoms with Gasteiger partial charge in [-0.3, -0.25) is 9.59 Å². The third kappa shape index (κ3) is 4.72. The Kier molecular flexibility index (Phi) is 6.46. The summed E-state index contributed by atoms with van der Waals surface area (Å²) in [5.41, 5.74) is 2.63. The smallest absolute Gasteiger partial charge is 0.226 e. The van der Waals surface area contributed by atoms with Gasteiger partial charge in [-0.1, -0.05) is 25.0 Å². The number of benzene rings is 2. The van der Waals surface area contributed by atoms with Gasteiger partial charge in [-0.2, -0.15) is 0 Å². The monoisotopic (exact) mass is 408 g/mol. The van der Waals surface area contributed by atoms with Crippen molar-refractivity contribution in [2.45, 2.75) is 51.1 Å². The molecular formula is C25H29FN2O2. The zero-order valence-electron chi connectivity index (χ0n) is 17.3. The van der Waals surface area contributed by atoms with Gasteiger partial charge >= 0.3 is 0 Å². The second kappa shape index (κ2) is 9.41. The van der Waals surface area contributed by atoms with Crippen LogP contribution in [0.25, 0.3) is 0 Å². The lowest BCUT2D eigenvalue weighted by atomic mass is 9.93. The van der Waals surface area contributed by atoms with Crippen LogP contribution in [0.3, 0.4) is 0 Å². The molecule has 4 nitrogen and oxygen atoms in total. The van der Waals surface area contributed by atoms with Crippen molar-refractivity contribution in [1.29, 1.82) is 0 Å². The number of hydrogen-bond acceptors (Lipinski definition) is 3. The van der Waals surface area contributed by atoms with E-state index in [1.54, 1.807) is 12.1 Å². The number of nitrogens with zero attached hydrogens (tertiary/aromatic N) is 2. The molecule has 4 rings (SSSR count). The minimum Gasteiger partial charge on any atom is -0.371 e. The first-order valence-electron chi connectivity index (χ1n) is 11.0. The van der Waals surface area contributed by atoms with Crippen LogP contribution in [-0.4, -0.2) is 36.2 Å². The second-order valence-electron chi connectivity index (χ2n) is 8.51. The van der Waals surface area contributed by atoms with Crippen LogP contribution in [0, 0.1) is 11.7 Å². The molecule has 5 heteroatoms. The standard InChI is InChI=1S/C25H29FN2O2/c26-22-5-3-4-20(16-22)17-28(24-6-1-2-7-24)25(30)21-12-14-27(15-13-21)23-10-8-19(18-29)9-11-23/h3-5,8-11,16,18,21,24H,1-2,6-7,12-15,17H2. The topological polar surface area (TPSA) is 40.6 Å². The molecule has 2 aromatic rings. The molecule has 0 spiro atoms. The summed E-state index contributed by atoms with van der Waals surface area (Å²) in [6.45, 7) is 2.15. The molecule has 2 aromatic carbocycles. The second-order valence-corrected chi connectivity index (χ2v) is 8.51. The van der Waals surface area contributed by atoms with Crippen LogP contribution in [0.1, 0.15) is 54.4 Å². The molecule has 0 atom stereocenters. The maximum atomic E-state index is 13.7. The number of carbonyl (C=O) groups is 2. The number of rotatable bonds is 6. The minimum atomic E-state index is -0.250. The number of anilines is 1. The number of hydrogen-bond donors (Lipinski definition) is 0. The van der Waals surface area contributed by atoms with Crippen molar-refractivity contribution in [3.8, 4) is 0 Å². The maximum Gasteiger partial charge on any atom is 0.226 e. The van der Waals surface area contributed by atoms with E-state index in [4.69, 9.17) is 0 Å². The third-order valence-corrected chi connectivity index (χ3v) is 6.53. The predicted molar refractivity (Wildman–Crippen MR) is 116 cm³/mol. The van der Waals surface area contributed by atoms with E-state index in [1.165, 1.54) is 6.07 Å². The Hall–Kier alpha value is -2.69. The van der Waals surface area contributed by atoms with Crippen molar-refractivity contribution in [2.75, 3.05) is 18.0 Å². The Labute approximate surface area is 177 Å². The fourth-order valence-electron chi connectivity index (χ4n) is 4.82. The quantitative estimate of drug-likeness (QED) is 0.643. The summed E-state index contributed by atoms with van der Waals surface area (Å²) in [4.78, 5) is 28.6. The van der Waals surface area contributed by atoms with Crippen molar-refractivity contribution in [3.63, 3.8) is 0 Å². The molecule has 158 valence electrons. The lowest BCUT2D eigenvalue weighted by Crippen LogP contribution is -2.45. The van der Waals surface area contributed by atoms with Gasteiger partial charge in [-0.15, -0.1) is 0 Å². The Morgan fingerprint density at radius 1 is 1.03 bits per heavy atom. The Morgan fingerprint density at radius 3 is 2.37 bits per heavy atom. The maximum absolute atomic E-state index is 13.7. The first-order valence-corrected chi connectivity index (χ1v) is 11.0. The summed E-state index contributed by atoms with van der Waals surface area (Å²) in [6, 6.07) is 14.5. The van der Waals surface area contributed by atoms with Gasteiger partial charge in [0.2, 0.25) is 5.91 Å². The van der Waals surface area contributed by atoms with E-state index >= 15 is 0 Å². The van der Waals surface area contributed by atoms with E-state index in [0.717, 1.165) is 69.2 Å². The Morgan fingerprint density at radius 2 is 1.73 bits per heavy atom. The van der Waals surface area contributed by atoms with Gasteiger partial charge in [0.1, 0.15) is 12.1 Å². The number of piperidine rings is 1. The zero-order chi connectivity index (χ0) is 20.9. The molecule has 0 aromatic heterocycles. The first kappa shape index (κ1) is 20.6. The van der Waals surface area contributed by atoms with Crippen LogP contribution >= 0.6 is 0 Å². The highest BCUT2D eigenvalue weighted by Crippen LogP contribution is 2.30. The van der Waals surface area contributed by atoms with E-state index < -0.39 is 0 Å². The Bertz CT molecular complexity index is 869. The average molecular weight is 409 g/mol. The van der Waals surface area contributed by atoms with Crippen LogP contribution < -0.4 is 4.90 Å². The molecule has 1 aliphatic heterocycles. The minimum absolute atomic E-state index is 0.0182. The molecule has 1 amide bonds. The van der Waals surface area contributed by atoms with Crippen LogP contribution in [0.2, 0.25) is 0 Å². The molecule has 0 radical (unpaired) electrons. The van der Waals surface area contributed by atoms with Crippen molar-refractivity contribution >= 4 is 17.9 Å². The molecule has 0 bridgehead atoms. The van der Waals surface area contributed by atoms with E-state index in [9.17, 15) is 14.0 Å². The molecule has 1 aliphatic carbocycles.